The number of Topliss-reactive ketones (excluding diaryl/α,β-unsaturated/α-hetero) is 1. The normalized spacial score (nSPS) is 39.4. The number of nitrogens with zero attached hydrogens (tertiary/aromatic N) is 1. The number of ketones is 1. The SMILES string of the molecule is CC(=O)c1ccc(N2C(=O)C3C4C=CC(C5CC45)C3C2=O)cc1. The van der Waals surface area contributed by atoms with E-state index < -0.39 is 0 Å². The Morgan fingerprint density at radius 2 is 1.48 bits per heavy atom. The van der Waals surface area contributed by atoms with Crippen LogP contribution in [0.5, 0.6) is 0 Å². The Hall–Kier alpha value is -2.23. The molecular weight excluding hydrogens is 290 g/mol. The molecule has 4 nitrogen and oxygen atoms in total. The van der Waals surface area contributed by atoms with E-state index in [0.717, 1.165) is 0 Å². The summed E-state index contributed by atoms with van der Waals surface area (Å²) in [6.45, 7) is 1.51. The highest BCUT2D eigenvalue weighted by atomic mass is 16.2. The molecule has 23 heavy (non-hydrogen) atoms. The van der Waals surface area contributed by atoms with Crippen LogP contribution in [-0.2, 0) is 9.59 Å². The lowest BCUT2D eigenvalue weighted by Crippen LogP contribution is -2.40. The maximum absolute atomic E-state index is 12.9. The average Bonchev–Trinajstić information content (AvgIpc) is 3.32. The number of carbonyl (C=O) groups is 3. The van der Waals surface area contributed by atoms with Crippen molar-refractivity contribution in [3.63, 3.8) is 0 Å². The van der Waals surface area contributed by atoms with Crippen LogP contribution in [0.25, 0.3) is 0 Å². The third kappa shape index (κ3) is 1.58. The number of imide groups is 1. The number of rotatable bonds is 2. The molecule has 4 aliphatic carbocycles. The van der Waals surface area contributed by atoms with Crippen LogP contribution in [0.15, 0.2) is 36.4 Å². The molecule has 2 saturated carbocycles. The predicted octanol–water partition coefficient (Wildman–Crippen LogP) is 2.45. The smallest absolute Gasteiger partial charge is 0.238 e. The van der Waals surface area contributed by atoms with Crippen molar-refractivity contribution < 1.29 is 14.4 Å². The van der Waals surface area contributed by atoms with Gasteiger partial charge in [-0.15, -0.1) is 0 Å². The van der Waals surface area contributed by atoms with Gasteiger partial charge in [0.1, 0.15) is 0 Å². The molecule has 0 radical (unpaired) electrons. The molecule has 1 aromatic rings. The summed E-state index contributed by atoms with van der Waals surface area (Å²) < 4.78 is 0. The Balaban J connectivity index is 1.53. The van der Waals surface area contributed by atoms with E-state index >= 15 is 0 Å². The van der Waals surface area contributed by atoms with Gasteiger partial charge in [0.2, 0.25) is 11.8 Å². The largest absolute Gasteiger partial charge is 0.295 e. The third-order valence-corrected chi connectivity index (χ3v) is 6.19. The summed E-state index contributed by atoms with van der Waals surface area (Å²) in [5.41, 5.74) is 1.18. The van der Waals surface area contributed by atoms with E-state index in [-0.39, 0.29) is 41.3 Å². The molecular formula is C19H17NO3. The molecule has 0 aromatic heterocycles. The van der Waals surface area contributed by atoms with Crippen molar-refractivity contribution in [1.29, 1.82) is 0 Å². The van der Waals surface area contributed by atoms with Gasteiger partial charge in [0, 0.05) is 5.56 Å². The monoisotopic (exact) mass is 307 g/mol. The zero-order valence-electron chi connectivity index (χ0n) is 12.8. The number of benzene rings is 1. The molecule has 1 heterocycles. The van der Waals surface area contributed by atoms with Gasteiger partial charge in [-0.05, 0) is 61.3 Å². The highest BCUT2D eigenvalue weighted by Gasteiger charge is 2.67. The molecule has 1 aromatic carbocycles. The first-order valence-electron chi connectivity index (χ1n) is 8.25. The van der Waals surface area contributed by atoms with E-state index in [9.17, 15) is 14.4 Å². The van der Waals surface area contributed by atoms with Crippen molar-refractivity contribution >= 4 is 23.3 Å². The number of hydrogen-bond donors (Lipinski definition) is 0. The quantitative estimate of drug-likeness (QED) is 0.479. The minimum absolute atomic E-state index is 0.0216. The van der Waals surface area contributed by atoms with Crippen LogP contribution in [0.2, 0.25) is 0 Å². The fourth-order valence-corrected chi connectivity index (χ4v) is 5.06. The van der Waals surface area contributed by atoms with E-state index in [1.165, 1.54) is 18.2 Å². The van der Waals surface area contributed by atoms with E-state index in [1.807, 2.05) is 0 Å². The first-order valence-corrected chi connectivity index (χ1v) is 8.25. The first-order chi connectivity index (χ1) is 11.1. The van der Waals surface area contributed by atoms with Crippen LogP contribution in [0.1, 0.15) is 23.7 Å². The fourth-order valence-electron chi connectivity index (χ4n) is 5.06. The van der Waals surface area contributed by atoms with Gasteiger partial charge in [0.15, 0.2) is 5.78 Å². The molecule has 1 aliphatic heterocycles. The van der Waals surface area contributed by atoms with Gasteiger partial charge in [0.25, 0.3) is 0 Å². The van der Waals surface area contributed by atoms with Crippen LogP contribution in [-0.4, -0.2) is 17.6 Å². The van der Waals surface area contributed by atoms with Crippen molar-refractivity contribution in [2.24, 2.45) is 35.5 Å². The second-order valence-electron chi connectivity index (χ2n) is 7.27. The Bertz CT molecular complexity index is 742. The number of carbonyl (C=O) groups excluding carboxylic acids is 3. The summed E-state index contributed by atoms with van der Waals surface area (Å²) in [6, 6.07) is 6.79. The lowest BCUT2D eigenvalue weighted by Gasteiger charge is -2.37. The van der Waals surface area contributed by atoms with Gasteiger partial charge >= 0.3 is 0 Å². The molecule has 3 fully saturated rings. The minimum atomic E-state index is -0.172. The van der Waals surface area contributed by atoms with Gasteiger partial charge < -0.3 is 0 Å². The Morgan fingerprint density at radius 3 is 1.96 bits per heavy atom. The van der Waals surface area contributed by atoms with Gasteiger partial charge in [0.05, 0.1) is 17.5 Å². The topological polar surface area (TPSA) is 54.5 Å². The number of hydrogen-bond acceptors (Lipinski definition) is 3. The van der Waals surface area contributed by atoms with E-state index in [2.05, 4.69) is 12.2 Å². The van der Waals surface area contributed by atoms with Crippen LogP contribution in [0.4, 0.5) is 5.69 Å². The highest BCUT2D eigenvalue weighted by molar-refractivity contribution is 6.22. The van der Waals surface area contributed by atoms with Crippen LogP contribution < -0.4 is 4.90 Å². The standard InChI is InChI=1S/C19H17NO3/c1-9(21)10-2-4-11(5-3-10)20-18(22)16-12-6-7-13(15-8-14(12)15)17(16)19(20)23/h2-7,12-17H,8H2,1H3. The van der Waals surface area contributed by atoms with Gasteiger partial charge in [-0.2, -0.15) is 0 Å². The van der Waals surface area contributed by atoms with E-state index in [1.54, 1.807) is 24.3 Å². The molecule has 2 bridgehead atoms. The van der Waals surface area contributed by atoms with Crippen molar-refractivity contribution in [1.82, 2.24) is 0 Å². The second-order valence-corrected chi connectivity index (χ2v) is 7.27. The van der Waals surface area contributed by atoms with E-state index in [0.29, 0.717) is 23.1 Å². The fraction of sp³-hybridized carbons (Fsp3) is 0.421. The summed E-state index contributed by atoms with van der Waals surface area (Å²) in [6.07, 6.45) is 5.52. The summed E-state index contributed by atoms with van der Waals surface area (Å²) >= 11 is 0. The molecule has 2 amide bonds. The molecule has 0 spiro atoms. The molecule has 6 unspecified atom stereocenters. The van der Waals surface area contributed by atoms with Gasteiger partial charge in [-0.3, -0.25) is 19.3 Å². The summed E-state index contributed by atoms with van der Waals surface area (Å²) in [7, 11) is 0. The minimum Gasteiger partial charge on any atom is -0.295 e. The van der Waals surface area contributed by atoms with E-state index in [4.69, 9.17) is 0 Å². The van der Waals surface area contributed by atoms with Crippen LogP contribution in [0, 0.1) is 35.5 Å². The molecule has 1 saturated heterocycles. The second kappa shape index (κ2) is 4.19. The molecule has 5 aliphatic rings. The molecule has 6 atom stereocenters. The molecule has 116 valence electrons. The lowest BCUT2D eigenvalue weighted by atomic mass is 9.63. The highest BCUT2D eigenvalue weighted by Crippen LogP contribution is 2.65. The Kier molecular flexibility index (Phi) is 2.41. The third-order valence-electron chi connectivity index (χ3n) is 6.19. The van der Waals surface area contributed by atoms with Crippen LogP contribution in [0.3, 0.4) is 0 Å². The summed E-state index contributed by atoms with van der Waals surface area (Å²) in [4.78, 5) is 38.6. The maximum Gasteiger partial charge on any atom is 0.238 e. The van der Waals surface area contributed by atoms with Gasteiger partial charge in [-0.25, -0.2) is 0 Å². The van der Waals surface area contributed by atoms with Crippen molar-refractivity contribution in [2.45, 2.75) is 13.3 Å². The average molecular weight is 307 g/mol. The zero-order chi connectivity index (χ0) is 15.9. The number of allylic oxidation sites excluding steroid dienone is 2. The van der Waals surface area contributed by atoms with Crippen molar-refractivity contribution in [2.75, 3.05) is 4.90 Å². The Labute approximate surface area is 134 Å². The zero-order valence-corrected chi connectivity index (χ0v) is 12.8. The summed E-state index contributed by atoms with van der Waals surface area (Å²) in [5, 5.41) is 0. The molecule has 4 heteroatoms. The van der Waals surface area contributed by atoms with Crippen molar-refractivity contribution in [3.05, 3.63) is 42.0 Å². The maximum atomic E-state index is 12.9. The Morgan fingerprint density at radius 1 is 0.957 bits per heavy atom. The summed E-state index contributed by atoms with van der Waals surface area (Å²) in [5.74, 6) is 1.24. The van der Waals surface area contributed by atoms with Crippen molar-refractivity contribution in [3.8, 4) is 0 Å². The van der Waals surface area contributed by atoms with Crippen LogP contribution >= 0.6 is 0 Å². The molecule has 0 N–H and O–H groups in total. The predicted molar refractivity (Wildman–Crippen MR) is 83.6 cm³/mol. The van der Waals surface area contributed by atoms with Gasteiger partial charge in [-0.1, -0.05) is 12.2 Å². The first kappa shape index (κ1) is 13.2. The number of anilines is 1. The lowest BCUT2D eigenvalue weighted by molar-refractivity contribution is -0.124. The number of amides is 2. The molecule has 6 rings (SSSR count).